The normalized spacial score (nSPS) is 33.9. The Morgan fingerprint density at radius 3 is 2.26 bits per heavy atom. The number of aromatic nitrogens is 2. The van der Waals surface area contributed by atoms with Gasteiger partial charge in [0.15, 0.2) is 17.2 Å². The fraction of sp³-hybridized carbons (Fsp3) is 0.630. The van der Waals surface area contributed by atoms with Gasteiger partial charge in [0.25, 0.3) is 5.56 Å². The predicted molar refractivity (Wildman–Crippen MR) is 130 cm³/mol. The summed E-state index contributed by atoms with van der Waals surface area (Å²) < 4.78 is 1.85. The van der Waals surface area contributed by atoms with Crippen molar-refractivity contribution in [3.63, 3.8) is 0 Å². The third kappa shape index (κ3) is 3.60. The van der Waals surface area contributed by atoms with Crippen LogP contribution in [0.15, 0.2) is 34.2 Å². The monoisotopic (exact) mass is 462 g/mol. The van der Waals surface area contributed by atoms with Gasteiger partial charge in [-0.25, -0.2) is 4.98 Å². The molecule has 3 heterocycles. The molecular formula is C27H34N4O3. The molecule has 180 valence electrons. The van der Waals surface area contributed by atoms with Crippen LogP contribution in [-0.4, -0.2) is 49.3 Å². The highest BCUT2D eigenvalue weighted by molar-refractivity contribution is 6.44. The van der Waals surface area contributed by atoms with Crippen LogP contribution in [0, 0.1) is 11.8 Å². The van der Waals surface area contributed by atoms with Crippen molar-refractivity contribution < 1.29 is 10.0 Å². The minimum atomic E-state index is -0.466. The van der Waals surface area contributed by atoms with Crippen LogP contribution in [-0.2, 0) is 4.79 Å². The molecule has 0 amide bonds. The number of hydrogen-bond donors (Lipinski definition) is 1. The smallest absolute Gasteiger partial charge is 0.279 e. The minimum absolute atomic E-state index is 0.0522. The van der Waals surface area contributed by atoms with Crippen LogP contribution < -0.4 is 5.56 Å². The van der Waals surface area contributed by atoms with E-state index in [-0.39, 0.29) is 23.0 Å². The summed E-state index contributed by atoms with van der Waals surface area (Å²) in [6.07, 6.45) is 12.7. The van der Waals surface area contributed by atoms with Gasteiger partial charge in [-0.1, -0.05) is 36.6 Å². The Bertz CT molecular complexity index is 1180. The van der Waals surface area contributed by atoms with Gasteiger partial charge < -0.3 is 9.77 Å². The molecule has 2 aliphatic carbocycles. The van der Waals surface area contributed by atoms with Gasteiger partial charge in [-0.15, -0.1) is 0 Å². The van der Waals surface area contributed by atoms with Crippen LogP contribution >= 0.6 is 0 Å². The standard InChI is InChI=1S/C27H34N4O3/c1-16(32)25(29-34)26-27(33)31(24-8-3-2-7-23(24)28-26)22-14-19-9-10-20(15-22)30(19)21-12-17-5-4-6-18(11-17)13-21/h2-3,7-8,17-22,34H,4-6,9-15H2,1H3/b29-25+/t17-,18+,19-,20+,21+,22+. The molecule has 2 aliphatic heterocycles. The number of fused-ring (bicyclic) bond motifs is 5. The molecule has 0 radical (unpaired) electrons. The van der Waals surface area contributed by atoms with Crippen molar-refractivity contribution in [2.24, 2.45) is 17.0 Å². The zero-order valence-electron chi connectivity index (χ0n) is 19.9. The largest absolute Gasteiger partial charge is 0.410 e. The molecule has 2 saturated carbocycles. The first kappa shape index (κ1) is 22.0. The molecule has 1 aromatic carbocycles. The zero-order chi connectivity index (χ0) is 23.4. The number of rotatable bonds is 4. The second-order valence-corrected chi connectivity index (χ2v) is 11.1. The van der Waals surface area contributed by atoms with Gasteiger partial charge in [0.05, 0.1) is 11.0 Å². The summed E-state index contributed by atoms with van der Waals surface area (Å²) in [6, 6.07) is 9.38. The van der Waals surface area contributed by atoms with Crippen LogP contribution in [0.3, 0.4) is 0 Å². The molecule has 4 aliphatic rings. The molecule has 4 bridgehead atoms. The fourth-order valence-corrected chi connectivity index (χ4v) is 7.89. The minimum Gasteiger partial charge on any atom is -0.410 e. The Labute approximate surface area is 199 Å². The first-order valence-electron chi connectivity index (χ1n) is 13.1. The molecule has 2 saturated heterocycles. The average Bonchev–Trinajstić information content (AvgIpc) is 3.09. The number of carbonyl (C=O) groups is 1. The molecular weight excluding hydrogens is 428 g/mol. The number of oxime groups is 1. The highest BCUT2D eigenvalue weighted by Crippen LogP contribution is 2.48. The Morgan fingerprint density at radius 2 is 1.62 bits per heavy atom. The van der Waals surface area contributed by atoms with Crippen molar-refractivity contribution in [1.29, 1.82) is 0 Å². The van der Waals surface area contributed by atoms with Crippen LogP contribution in [0.2, 0.25) is 0 Å². The van der Waals surface area contributed by atoms with Crippen LogP contribution in [0.25, 0.3) is 11.0 Å². The van der Waals surface area contributed by atoms with Crippen molar-refractivity contribution in [3.8, 4) is 0 Å². The number of Topliss-reactive ketones (excluding diaryl/α,β-unsaturated/α-hetero) is 1. The molecule has 7 nitrogen and oxygen atoms in total. The molecule has 6 atom stereocenters. The van der Waals surface area contributed by atoms with Crippen molar-refractivity contribution in [3.05, 3.63) is 40.3 Å². The fourth-order valence-electron chi connectivity index (χ4n) is 7.89. The Morgan fingerprint density at radius 1 is 0.941 bits per heavy atom. The second kappa shape index (κ2) is 8.59. The average molecular weight is 463 g/mol. The number of benzene rings is 1. The van der Waals surface area contributed by atoms with Gasteiger partial charge in [-0.05, 0) is 68.9 Å². The van der Waals surface area contributed by atoms with E-state index in [9.17, 15) is 14.8 Å². The summed E-state index contributed by atoms with van der Waals surface area (Å²) >= 11 is 0. The van der Waals surface area contributed by atoms with E-state index >= 15 is 0 Å². The van der Waals surface area contributed by atoms with Gasteiger partial charge in [0, 0.05) is 31.1 Å². The van der Waals surface area contributed by atoms with E-state index < -0.39 is 5.78 Å². The molecule has 0 spiro atoms. The maximum absolute atomic E-state index is 13.7. The molecule has 2 aromatic rings. The zero-order valence-corrected chi connectivity index (χ0v) is 19.9. The van der Waals surface area contributed by atoms with Gasteiger partial charge in [0.1, 0.15) is 0 Å². The lowest BCUT2D eigenvalue weighted by molar-refractivity contribution is -0.111. The second-order valence-electron chi connectivity index (χ2n) is 11.1. The molecule has 1 N–H and O–H groups in total. The van der Waals surface area contributed by atoms with E-state index in [4.69, 9.17) is 0 Å². The van der Waals surface area contributed by atoms with Gasteiger partial charge in [-0.3, -0.25) is 14.5 Å². The number of hydrogen-bond acceptors (Lipinski definition) is 6. The highest BCUT2D eigenvalue weighted by Gasteiger charge is 2.47. The van der Waals surface area contributed by atoms with E-state index in [0.29, 0.717) is 23.6 Å². The predicted octanol–water partition coefficient (Wildman–Crippen LogP) is 4.30. The van der Waals surface area contributed by atoms with Crippen molar-refractivity contribution >= 4 is 22.5 Å². The summed E-state index contributed by atoms with van der Waals surface area (Å²) in [5, 5.41) is 12.6. The molecule has 4 fully saturated rings. The van der Waals surface area contributed by atoms with E-state index in [1.165, 1.54) is 58.3 Å². The molecule has 34 heavy (non-hydrogen) atoms. The third-order valence-corrected chi connectivity index (χ3v) is 9.11. The number of ketones is 1. The van der Waals surface area contributed by atoms with Crippen LogP contribution in [0.5, 0.6) is 0 Å². The summed E-state index contributed by atoms with van der Waals surface area (Å²) in [7, 11) is 0. The number of carbonyl (C=O) groups excluding carboxylic acids is 1. The van der Waals surface area contributed by atoms with E-state index in [1.54, 1.807) is 0 Å². The quantitative estimate of drug-likeness (QED) is 0.416. The summed E-state index contributed by atoms with van der Waals surface area (Å²) in [5.74, 6) is 1.35. The number of para-hydroxylation sites is 2. The Hall–Kier alpha value is -2.54. The third-order valence-electron chi connectivity index (χ3n) is 9.11. The lowest BCUT2D eigenvalue weighted by Crippen LogP contribution is -2.52. The lowest BCUT2D eigenvalue weighted by Gasteiger charge is -2.49. The Kier molecular flexibility index (Phi) is 5.55. The summed E-state index contributed by atoms with van der Waals surface area (Å²) in [6.45, 7) is 1.30. The number of piperidine rings is 1. The van der Waals surface area contributed by atoms with Gasteiger partial charge in [0.2, 0.25) is 0 Å². The highest BCUT2D eigenvalue weighted by atomic mass is 16.4. The van der Waals surface area contributed by atoms with E-state index in [0.717, 1.165) is 30.2 Å². The summed E-state index contributed by atoms with van der Waals surface area (Å²) in [4.78, 5) is 33.1. The van der Waals surface area contributed by atoms with Crippen molar-refractivity contribution in [1.82, 2.24) is 14.5 Å². The maximum Gasteiger partial charge on any atom is 0.279 e. The van der Waals surface area contributed by atoms with Crippen molar-refractivity contribution in [2.75, 3.05) is 0 Å². The molecule has 0 unspecified atom stereocenters. The lowest BCUT2D eigenvalue weighted by atomic mass is 9.69. The first-order valence-corrected chi connectivity index (χ1v) is 13.1. The summed E-state index contributed by atoms with van der Waals surface area (Å²) in [5.41, 5.74) is 0.797. The molecule has 7 heteroatoms. The van der Waals surface area contributed by atoms with E-state index in [2.05, 4.69) is 15.0 Å². The SMILES string of the molecule is CC(=O)/C(=N\O)c1nc2ccccc2n([C@H]2C[C@H]3CC[C@@H](C2)N3[C@H]2C[C@@H]3CCC[C@@H](C3)C2)c1=O. The maximum atomic E-state index is 13.7. The molecule has 1 aromatic heterocycles. The number of nitrogens with zero attached hydrogens (tertiary/aromatic N) is 4. The van der Waals surface area contributed by atoms with Crippen LogP contribution in [0.4, 0.5) is 0 Å². The topological polar surface area (TPSA) is 87.8 Å². The first-order chi connectivity index (χ1) is 16.5. The van der Waals surface area contributed by atoms with Gasteiger partial charge >= 0.3 is 0 Å². The van der Waals surface area contributed by atoms with E-state index in [1.807, 2.05) is 28.8 Å². The molecule has 6 rings (SSSR count). The Balaban J connectivity index is 1.35. The van der Waals surface area contributed by atoms with Crippen LogP contribution in [0.1, 0.15) is 82.9 Å². The van der Waals surface area contributed by atoms with Crippen molar-refractivity contribution in [2.45, 2.75) is 95.3 Å². The van der Waals surface area contributed by atoms with Gasteiger partial charge in [-0.2, -0.15) is 0 Å².